The topological polar surface area (TPSA) is 40.7 Å². The zero-order chi connectivity index (χ0) is 11.5. The Hall–Kier alpha value is -1.84. The normalized spacial score (nSPS) is 10.4. The molecule has 0 unspecified atom stereocenters. The molecular weight excluding hydrogens is 205 g/mol. The second-order valence-corrected chi connectivity index (χ2v) is 3.58. The van der Waals surface area contributed by atoms with Crippen molar-refractivity contribution in [2.45, 2.75) is 13.8 Å². The van der Waals surface area contributed by atoms with E-state index in [0.717, 1.165) is 17.8 Å². The fourth-order valence-corrected chi connectivity index (χ4v) is 1.72. The van der Waals surface area contributed by atoms with Crippen LogP contribution >= 0.6 is 0 Å². The van der Waals surface area contributed by atoms with Crippen LogP contribution in [0.3, 0.4) is 0 Å². The summed E-state index contributed by atoms with van der Waals surface area (Å²) in [5.74, 6) is 0.469. The van der Waals surface area contributed by atoms with Gasteiger partial charge in [-0.05, 0) is 19.9 Å². The van der Waals surface area contributed by atoms with Gasteiger partial charge in [-0.15, -0.1) is 0 Å². The second-order valence-electron chi connectivity index (χ2n) is 3.58. The maximum Gasteiger partial charge on any atom is 0.156 e. The Balaban J connectivity index is 2.54. The highest BCUT2D eigenvalue weighted by Gasteiger charge is 2.14. The van der Waals surface area contributed by atoms with Crippen molar-refractivity contribution in [1.82, 2.24) is 10.2 Å². The van der Waals surface area contributed by atoms with Crippen molar-refractivity contribution in [3.05, 3.63) is 35.8 Å². The molecule has 0 spiro atoms. The number of nitrogens with one attached hydrogen (secondary N) is 2. The average Bonchev–Trinajstić information content (AvgIpc) is 2.62. The van der Waals surface area contributed by atoms with Crippen LogP contribution in [0, 0.1) is 12.7 Å². The number of benzene rings is 1. The maximum absolute atomic E-state index is 13.7. The molecule has 0 saturated heterocycles. The SMILES string of the molecule is CCNc1n[nH]c(C)c1-c1ccccc1F. The summed E-state index contributed by atoms with van der Waals surface area (Å²) in [5.41, 5.74) is 2.24. The summed E-state index contributed by atoms with van der Waals surface area (Å²) in [7, 11) is 0. The number of aryl methyl sites for hydroxylation is 1. The van der Waals surface area contributed by atoms with Gasteiger partial charge in [-0.2, -0.15) is 5.10 Å². The van der Waals surface area contributed by atoms with Gasteiger partial charge in [-0.1, -0.05) is 18.2 Å². The lowest BCUT2D eigenvalue weighted by molar-refractivity contribution is 0.631. The minimum atomic E-state index is -0.230. The fourth-order valence-electron chi connectivity index (χ4n) is 1.72. The smallest absolute Gasteiger partial charge is 0.156 e. The molecule has 4 heteroatoms. The van der Waals surface area contributed by atoms with Crippen molar-refractivity contribution in [3.8, 4) is 11.1 Å². The predicted octanol–water partition coefficient (Wildman–Crippen LogP) is 2.96. The molecule has 1 heterocycles. The average molecular weight is 219 g/mol. The Morgan fingerprint density at radius 2 is 2.12 bits per heavy atom. The standard InChI is InChI=1S/C12H14FN3/c1-3-14-12-11(8(2)15-16-12)9-6-4-5-7-10(9)13/h4-7H,3H2,1-2H3,(H2,14,15,16). The van der Waals surface area contributed by atoms with E-state index in [9.17, 15) is 4.39 Å². The number of rotatable bonds is 3. The number of hydrogen-bond acceptors (Lipinski definition) is 2. The molecule has 0 saturated carbocycles. The molecule has 0 amide bonds. The summed E-state index contributed by atoms with van der Waals surface area (Å²) >= 11 is 0. The number of nitrogens with zero attached hydrogens (tertiary/aromatic N) is 1. The van der Waals surface area contributed by atoms with E-state index in [2.05, 4.69) is 15.5 Å². The Labute approximate surface area is 93.7 Å². The third kappa shape index (κ3) is 1.78. The molecule has 1 aromatic heterocycles. The highest BCUT2D eigenvalue weighted by molar-refractivity contribution is 5.77. The van der Waals surface area contributed by atoms with Crippen LogP contribution in [0.1, 0.15) is 12.6 Å². The minimum Gasteiger partial charge on any atom is -0.368 e. The quantitative estimate of drug-likeness (QED) is 0.833. The van der Waals surface area contributed by atoms with E-state index in [1.807, 2.05) is 19.9 Å². The highest BCUT2D eigenvalue weighted by atomic mass is 19.1. The summed E-state index contributed by atoms with van der Waals surface area (Å²) in [4.78, 5) is 0. The molecule has 3 nitrogen and oxygen atoms in total. The van der Waals surface area contributed by atoms with E-state index >= 15 is 0 Å². The molecule has 0 bridgehead atoms. The zero-order valence-electron chi connectivity index (χ0n) is 9.34. The Morgan fingerprint density at radius 1 is 1.38 bits per heavy atom. The first-order valence-corrected chi connectivity index (χ1v) is 5.27. The Kier molecular flexibility index (Phi) is 2.90. The third-order valence-electron chi connectivity index (χ3n) is 2.43. The van der Waals surface area contributed by atoms with Gasteiger partial charge in [0.15, 0.2) is 5.82 Å². The van der Waals surface area contributed by atoms with Gasteiger partial charge in [-0.25, -0.2) is 4.39 Å². The lowest BCUT2D eigenvalue weighted by atomic mass is 10.1. The van der Waals surface area contributed by atoms with Crippen LogP contribution in [0.5, 0.6) is 0 Å². The molecular formula is C12H14FN3. The summed E-state index contributed by atoms with van der Waals surface area (Å²) in [6.07, 6.45) is 0. The molecule has 0 atom stereocenters. The van der Waals surface area contributed by atoms with Gasteiger partial charge in [0.05, 0.1) is 0 Å². The summed E-state index contributed by atoms with van der Waals surface area (Å²) in [6.45, 7) is 4.62. The van der Waals surface area contributed by atoms with Crippen LogP contribution < -0.4 is 5.32 Å². The molecule has 0 fully saturated rings. The van der Waals surface area contributed by atoms with Crippen LogP contribution in [0.25, 0.3) is 11.1 Å². The van der Waals surface area contributed by atoms with Crippen LogP contribution in [-0.4, -0.2) is 16.7 Å². The van der Waals surface area contributed by atoms with E-state index in [1.165, 1.54) is 6.07 Å². The van der Waals surface area contributed by atoms with Gasteiger partial charge in [-0.3, -0.25) is 5.10 Å². The summed E-state index contributed by atoms with van der Waals surface area (Å²) in [5, 5.41) is 10.1. The van der Waals surface area contributed by atoms with Crippen molar-refractivity contribution in [2.75, 3.05) is 11.9 Å². The van der Waals surface area contributed by atoms with E-state index < -0.39 is 0 Å². The molecule has 2 rings (SSSR count). The molecule has 0 aliphatic rings. The van der Waals surface area contributed by atoms with Gasteiger partial charge in [0.2, 0.25) is 0 Å². The van der Waals surface area contributed by atoms with Crippen molar-refractivity contribution in [3.63, 3.8) is 0 Å². The first kappa shape index (κ1) is 10.7. The minimum absolute atomic E-state index is 0.230. The fraction of sp³-hybridized carbons (Fsp3) is 0.250. The Bertz CT molecular complexity index is 491. The molecule has 16 heavy (non-hydrogen) atoms. The Morgan fingerprint density at radius 3 is 2.81 bits per heavy atom. The lowest BCUT2D eigenvalue weighted by Gasteiger charge is -2.05. The van der Waals surface area contributed by atoms with Crippen molar-refractivity contribution in [1.29, 1.82) is 0 Å². The van der Waals surface area contributed by atoms with E-state index in [1.54, 1.807) is 12.1 Å². The summed E-state index contributed by atoms with van der Waals surface area (Å²) < 4.78 is 13.7. The number of anilines is 1. The second kappa shape index (κ2) is 4.35. The number of aromatic amines is 1. The molecule has 0 aliphatic carbocycles. The number of H-pyrrole nitrogens is 1. The van der Waals surface area contributed by atoms with E-state index in [4.69, 9.17) is 0 Å². The van der Waals surface area contributed by atoms with E-state index in [0.29, 0.717) is 11.4 Å². The molecule has 84 valence electrons. The molecule has 0 aliphatic heterocycles. The van der Waals surface area contributed by atoms with Crippen LogP contribution in [0.4, 0.5) is 10.2 Å². The van der Waals surface area contributed by atoms with Gasteiger partial charge in [0.1, 0.15) is 5.82 Å². The molecule has 2 N–H and O–H groups in total. The first-order valence-electron chi connectivity index (χ1n) is 5.27. The van der Waals surface area contributed by atoms with Crippen LogP contribution in [0.2, 0.25) is 0 Å². The maximum atomic E-state index is 13.7. The van der Waals surface area contributed by atoms with Crippen LogP contribution in [-0.2, 0) is 0 Å². The van der Waals surface area contributed by atoms with Crippen molar-refractivity contribution >= 4 is 5.82 Å². The largest absolute Gasteiger partial charge is 0.368 e. The predicted molar refractivity (Wildman–Crippen MR) is 62.9 cm³/mol. The van der Waals surface area contributed by atoms with Crippen molar-refractivity contribution < 1.29 is 4.39 Å². The molecule has 0 radical (unpaired) electrons. The number of halogens is 1. The summed E-state index contributed by atoms with van der Waals surface area (Å²) in [6, 6.07) is 6.72. The van der Waals surface area contributed by atoms with Gasteiger partial charge in [0, 0.05) is 23.4 Å². The molecule has 2 aromatic rings. The van der Waals surface area contributed by atoms with Gasteiger partial charge in [0.25, 0.3) is 0 Å². The third-order valence-corrected chi connectivity index (χ3v) is 2.43. The van der Waals surface area contributed by atoms with Gasteiger partial charge < -0.3 is 5.32 Å². The lowest BCUT2D eigenvalue weighted by Crippen LogP contribution is -1.99. The van der Waals surface area contributed by atoms with Crippen molar-refractivity contribution in [2.24, 2.45) is 0 Å². The van der Waals surface area contributed by atoms with E-state index in [-0.39, 0.29) is 5.82 Å². The van der Waals surface area contributed by atoms with Gasteiger partial charge >= 0.3 is 0 Å². The van der Waals surface area contributed by atoms with Crippen LogP contribution in [0.15, 0.2) is 24.3 Å². The number of hydrogen-bond donors (Lipinski definition) is 2. The zero-order valence-corrected chi connectivity index (χ0v) is 9.34. The first-order chi connectivity index (χ1) is 7.74. The highest BCUT2D eigenvalue weighted by Crippen LogP contribution is 2.30. The monoisotopic (exact) mass is 219 g/mol. The molecule has 1 aromatic carbocycles. The number of aromatic nitrogens is 2.